The fourth-order valence-electron chi connectivity index (χ4n) is 3.70. The van der Waals surface area contributed by atoms with Gasteiger partial charge in [-0.05, 0) is 31.4 Å². The van der Waals surface area contributed by atoms with Crippen molar-refractivity contribution in [1.82, 2.24) is 14.5 Å². The van der Waals surface area contributed by atoms with Crippen molar-refractivity contribution in [2.75, 3.05) is 13.1 Å². The number of halogens is 1. The van der Waals surface area contributed by atoms with E-state index < -0.39 is 0 Å². The Morgan fingerprint density at radius 3 is 2.61 bits per heavy atom. The van der Waals surface area contributed by atoms with Gasteiger partial charge in [0.15, 0.2) is 0 Å². The fourth-order valence-corrected chi connectivity index (χ4v) is 4.81. The minimum Gasteiger partial charge on any atom is -0.338 e. The van der Waals surface area contributed by atoms with E-state index in [0.29, 0.717) is 26.2 Å². The van der Waals surface area contributed by atoms with Crippen LogP contribution in [0.15, 0.2) is 35.4 Å². The van der Waals surface area contributed by atoms with E-state index in [4.69, 9.17) is 0 Å². The summed E-state index contributed by atoms with van der Waals surface area (Å²) >= 11 is 1.28. The lowest BCUT2D eigenvalue weighted by molar-refractivity contribution is 0.0766. The monoisotopic (exact) mass is 399 g/mol. The van der Waals surface area contributed by atoms with Crippen molar-refractivity contribution < 1.29 is 9.18 Å². The normalized spacial score (nSPS) is 15.0. The standard InChI is InChI=1S/C21H22FN3O2S/c1-14-17-19(28-18(14)21(27)24-10-6-2-3-7-11-24)23-13-25(20(17)26)12-15-8-4-5-9-16(15)22/h4-5,8-9,13H,2-3,6-7,10-12H2,1H3. The van der Waals surface area contributed by atoms with Crippen LogP contribution in [-0.2, 0) is 6.54 Å². The Hall–Kier alpha value is -2.54. The first-order valence-electron chi connectivity index (χ1n) is 9.57. The molecule has 1 amide bonds. The lowest BCUT2D eigenvalue weighted by atomic mass is 10.2. The molecule has 2 aromatic heterocycles. The second-order valence-electron chi connectivity index (χ2n) is 7.21. The molecule has 0 atom stereocenters. The van der Waals surface area contributed by atoms with Crippen LogP contribution in [0, 0.1) is 12.7 Å². The number of thiophene rings is 1. The van der Waals surface area contributed by atoms with Gasteiger partial charge in [-0.3, -0.25) is 14.2 Å². The number of carbonyl (C=O) groups is 1. The molecule has 0 spiro atoms. The number of fused-ring (bicyclic) bond motifs is 1. The third-order valence-electron chi connectivity index (χ3n) is 5.30. The second-order valence-corrected chi connectivity index (χ2v) is 8.21. The van der Waals surface area contributed by atoms with Crippen molar-refractivity contribution in [3.05, 3.63) is 62.8 Å². The molecular weight excluding hydrogens is 377 g/mol. The first kappa shape index (κ1) is 18.8. The zero-order valence-electron chi connectivity index (χ0n) is 15.8. The highest BCUT2D eigenvalue weighted by molar-refractivity contribution is 7.20. The Bertz CT molecular complexity index is 1080. The first-order chi connectivity index (χ1) is 13.6. The van der Waals surface area contributed by atoms with E-state index in [0.717, 1.165) is 38.8 Å². The molecule has 3 heterocycles. The van der Waals surface area contributed by atoms with Gasteiger partial charge in [0.2, 0.25) is 0 Å². The van der Waals surface area contributed by atoms with Gasteiger partial charge in [0, 0.05) is 18.7 Å². The molecule has 1 aliphatic rings. The minimum absolute atomic E-state index is 0.0116. The van der Waals surface area contributed by atoms with Gasteiger partial charge in [0.05, 0.1) is 23.1 Å². The van der Waals surface area contributed by atoms with Gasteiger partial charge >= 0.3 is 0 Å². The molecule has 0 unspecified atom stereocenters. The molecular formula is C21H22FN3O2S. The molecule has 28 heavy (non-hydrogen) atoms. The van der Waals surface area contributed by atoms with E-state index in [1.54, 1.807) is 25.1 Å². The highest BCUT2D eigenvalue weighted by atomic mass is 32.1. The van der Waals surface area contributed by atoms with Crippen LogP contribution in [0.25, 0.3) is 10.2 Å². The molecule has 146 valence electrons. The van der Waals surface area contributed by atoms with Gasteiger partial charge in [-0.15, -0.1) is 11.3 Å². The van der Waals surface area contributed by atoms with E-state index in [1.807, 2.05) is 4.90 Å². The zero-order valence-corrected chi connectivity index (χ0v) is 16.6. The predicted octanol–water partition coefficient (Wildman–Crippen LogP) is 3.97. The number of aryl methyl sites for hydroxylation is 1. The van der Waals surface area contributed by atoms with E-state index in [2.05, 4.69) is 4.98 Å². The summed E-state index contributed by atoms with van der Waals surface area (Å²) in [6.45, 7) is 3.44. The number of rotatable bonds is 3. The molecule has 0 aliphatic carbocycles. The molecule has 1 aromatic carbocycles. The summed E-state index contributed by atoms with van der Waals surface area (Å²) in [7, 11) is 0. The number of amides is 1. The first-order valence-corrected chi connectivity index (χ1v) is 10.4. The summed E-state index contributed by atoms with van der Waals surface area (Å²) < 4.78 is 15.4. The largest absolute Gasteiger partial charge is 0.338 e. The van der Waals surface area contributed by atoms with Crippen LogP contribution < -0.4 is 5.56 Å². The fraction of sp³-hybridized carbons (Fsp3) is 0.381. The third kappa shape index (κ3) is 3.46. The number of nitrogens with zero attached hydrogens (tertiary/aromatic N) is 3. The van der Waals surface area contributed by atoms with Crippen molar-refractivity contribution in [1.29, 1.82) is 0 Å². The van der Waals surface area contributed by atoms with Gasteiger partial charge < -0.3 is 4.90 Å². The Morgan fingerprint density at radius 2 is 1.89 bits per heavy atom. The molecule has 4 rings (SSSR count). The Balaban J connectivity index is 1.71. The van der Waals surface area contributed by atoms with Crippen LogP contribution in [0.4, 0.5) is 4.39 Å². The van der Waals surface area contributed by atoms with Crippen molar-refractivity contribution in [3.63, 3.8) is 0 Å². The number of hydrogen-bond donors (Lipinski definition) is 0. The molecule has 1 fully saturated rings. The number of likely N-dealkylation sites (tertiary alicyclic amines) is 1. The maximum atomic E-state index is 14.0. The summed E-state index contributed by atoms with van der Waals surface area (Å²) in [6.07, 6.45) is 5.77. The molecule has 5 nitrogen and oxygen atoms in total. The SMILES string of the molecule is Cc1c(C(=O)N2CCCCCC2)sc2ncn(Cc3ccccc3F)c(=O)c12. The van der Waals surface area contributed by atoms with Crippen molar-refractivity contribution >= 4 is 27.5 Å². The maximum Gasteiger partial charge on any atom is 0.264 e. The van der Waals surface area contributed by atoms with Crippen LogP contribution >= 0.6 is 11.3 Å². The Morgan fingerprint density at radius 1 is 1.18 bits per heavy atom. The molecule has 0 saturated carbocycles. The van der Waals surface area contributed by atoms with E-state index in [1.165, 1.54) is 28.3 Å². The van der Waals surface area contributed by atoms with Gasteiger partial charge in [-0.25, -0.2) is 9.37 Å². The summed E-state index contributed by atoms with van der Waals surface area (Å²) in [6, 6.07) is 6.39. The third-order valence-corrected chi connectivity index (χ3v) is 6.49. The molecule has 0 N–H and O–H groups in total. The Kier molecular flexibility index (Phi) is 5.26. The zero-order chi connectivity index (χ0) is 19.7. The summed E-state index contributed by atoms with van der Waals surface area (Å²) in [5.41, 5.74) is 0.867. The van der Waals surface area contributed by atoms with Crippen molar-refractivity contribution in [2.45, 2.75) is 39.2 Å². The van der Waals surface area contributed by atoms with Gasteiger partial charge in [0.25, 0.3) is 11.5 Å². The number of hydrogen-bond acceptors (Lipinski definition) is 4. The summed E-state index contributed by atoms with van der Waals surface area (Å²) in [4.78, 5) is 33.5. The lowest BCUT2D eigenvalue weighted by Gasteiger charge is -2.19. The van der Waals surface area contributed by atoms with E-state index in [-0.39, 0.29) is 23.8 Å². The maximum absolute atomic E-state index is 14.0. The highest BCUT2D eigenvalue weighted by Gasteiger charge is 2.24. The minimum atomic E-state index is -0.353. The van der Waals surface area contributed by atoms with Crippen LogP contribution in [0.2, 0.25) is 0 Å². The average Bonchev–Trinajstić information content (AvgIpc) is 2.86. The number of carbonyl (C=O) groups excluding carboxylic acids is 1. The Labute approximate surface area is 166 Å². The lowest BCUT2D eigenvalue weighted by Crippen LogP contribution is -2.31. The van der Waals surface area contributed by atoms with Gasteiger partial charge in [0.1, 0.15) is 10.6 Å². The number of aromatic nitrogens is 2. The van der Waals surface area contributed by atoms with Crippen LogP contribution in [0.5, 0.6) is 0 Å². The highest BCUT2D eigenvalue weighted by Crippen LogP contribution is 2.29. The van der Waals surface area contributed by atoms with Crippen LogP contribution in [0.3, 0.4) is 0 Å². The van der Waals surface area contributed by atoms with Crippen molar-refractivity contribution in [2.24, 2.45) is 0 Å². The van der Waals surface area contributed by atoms with Crippen molar-refractivity contribution in [3.8, 4) is 0 Å². The van der Waals surface area contributed by atoms with Gasteiger partial charge in [-0.2, -0.15) is 0 Å². The summed E-state index contributed by atoms with van der Waals surface area (Å²) in [5, 5.41) is 0.460. The molecule has 0 radical (unpaired) electrons. The van der Waals surface area contributed by atoms with E-state index in [9.17, 15) is 14.0 Å². The smallest absolute Gasteiger partial charge is 0.264 e. The molecule has 1 saturated heterocycles. The molecule has 3 aromatic rings. The average molecular weight is 399 g/mol. The molecule has 0 bridgehead atoms. The summed E-state index contributed by atoms with van der Waals surface area (Å²) in [5.74, 6) is -0.365. The molecule has 7 heteroatoms. The van der Waals surface area contributed by atoms with Crippen LogP contribution in [-0.4, -0.2) is 33.4 Å². The second kappa shape index (κ2) is 7.83. The molecule has 1 aliphatic heterocycles. The van der Waals surface area contributed by atoms with E-state index >= 15 is 0 Å². The van der Waals surface area contributed by atoms with Crippen LogP contribution in [0.1, 0.15) is 46.5 Å². The topological polar surface area (TPSA) is 55.2 Å². The quantitative estimate of drug-likeness (QED) is 0.670. The van der Waals surface area contributed by atoms with Gasteiger partial charge in [-0.1, -0.05) is 31.0 Å². The predicted molar refractivity (Wildman–Crippen MR) is 108 cm³/mol. The number of benzene rings is 1.